The molecule has 0 radical (unpaired) electrons. The Morgan fingerprint density at radius 1 is 1.38 bits per heavy atom. The highest BCUT2D eigenvalue weighted by Gasteiger charge is 2.21. The van der Waals surface area contributed by atoms with Crippen LogP contribution in [0.25, 0.3) is 21.5 Å². The smallest absolute Gasteiger partial charge is 0.264 e. The minimum Gasteiger partial charge on any atom is -0.505 e. The summed E-state index contributed by atoms with van der Waals surface area (Å²) in [5.41, 5.74) is 2.11. The van der Waals surface area contributed by atoms with E-state index >= 15 is 0 Å². The third kappa shape index (κ3) is 2.59. The molecule has 0 aliphatic rings. The Balaban J connectivity index is 2.41. The van der Waals surface area contributed by atoms with Gasteiger partial charge in [0.25, 0.3) is 5.56 Å². The summed E-state index contributed by atoms with van der Waals surface area (Å²) in [6, 6.07) is 7.51. The molecular formula is C19H18N2O2S. The monoisotopic (exact) mass is 338 g/mol. The van der Waals surface area contributed by atoms with Crippen molar-refractivity contribution in [3.05, 3.63) is 45.2 Å². The second-order valence-electron chi connectivity index (χ2n) is 5.64. The van der Waals surface area contributed by atoms with Crippen molar-refractivity contribution in [2.24, 2.45) is 0 Å². The Hall–Kier alpha value is -2.58. The van der Waals surface area contributed by atoms with Gasteiger partial charge < -0.3 is 5.11 Å². The summed E-state index contributed by atoms with van der Waals surface area (Å²) in [4.78, 5) is 17.5. The first-order valence-corrected chi connectivity index (χ1v) is 8.64. The number of terminal acetylenes is 1. The molecule has 3 aromatic rings. The highest BCUT2D eigenvalue weighted by Crippen LogP contribution is 2.37. The normalized spacial score (nSPS) is 10.9. The number of aromatic hydroxyl groups is 1. The summed E-state index contributed by atoms with van der Waals surface area (Å²) in [6.07, 6.45) is 7.20. The standard InChI is InChI=1S/C19H18N2O2S/c1-4-8-14-20-18-17(24-14)16(22)15(19(23)21(18)11-5-2)13-10-7-6-9-12(13)3/h2,6-7,9-10,22H,4,8,11H2,1,3H3. The molecule has 2 aromatic heterocycles. The summed E-state index contributed by atoms with van der Waals surface area (Å²) >= 11 is 1.42. The number of hydrogen-bond donors (Lipinski definition) is 1. The largest absolute Gasteiger partial charge is 0.505 e. The fourth-order valence-corrected chi connectivity index (χ4v) is 3.91. The van der Waals surface area contributed by atoms with Crippen LogP contribution in [0.15, 0.2) is 29.1 Å². The van der Waals surface area contributed by atoms with Crippen molar-refractivity contribution in [3.63, 3.8) is 0 Å². The van der Waals surface area contributed by atoms with Crippen molar-refractivity contribution >= 4 is 21.7 Å². The van der Waals surface area contributed by atoms with Crippen LogP contribution in [0.4, 0.5) is 0 Å². The van der Waals surface area contributed by atoms with Gasteiger partial charge in [-0.05, 0) is 30.9 Å². The number of fused-ring (bicyclic) bond motifs is 1. The Kier molecular flexibility index (Phi) is 4.41. The maximum absolute atomic E-state index is 13.0. The molecule has 0 spiro atoms. The van der Waals surface area contributed by atoms with Crippen molar-refractivity contribution < 1.29 is 5.11 Å². The van der Waals surface area contributed by atoms with E-state index < -0.39 is 0 Å². The average molecular weight is 338 g/mol. The lowest BCUT2D eigenvalue weighted by Crippen LogP contribution is -2.22. The molecule has 0 unspecified atom stereocenters. The molecule has 0 aliphatic heterocycles. The molecule has 0 amide bonds. The molecule has 3 rings (SSSR count). The molecule has 2 heterocycles. The fraction of sp³-hybridized carbons (Fsp3) is 0.263. The first kappa shape index (κ1) is 16.3. The van der Waals surface area contributed by atoms with Crippen LogP contribution in [0.5, 0.6) is 5.75 Å². The second kappa shape index (κ2) is 6.50. The van der Waals surface area contributed by atoms with E-state index in [2.05, 4.69) is 17.8 Å². The maximum atomic E-state index is 13.0. The molecule has 0 atom stereocenters. The van der Waals surface area contributed by atoms with Gasteiger partial charge in [0.05, 0.1) is 17.1 Å². The quantitative estimate of drug-likeness (QED) is 0.738. The maximum Gasteiger partial charge on any atom is 0.264 e. The molecule has 24 heavy (non-hydrogen) atoms. The summed E-state index contributed by atoms with van der Waals surface area (Å²) in [5.74, 6) is 2.51. The van der Waals surface area contributed by atoms with E-state index in [0.717, 1.165) is 29.0 Å². The van der Waals surface area contributed by atoms with Crippen LogP contribution in [0.3, 0.4) is 0 Å². The fourth-order valence-electron chi connectivity index (χ4n) is 2.79. The molecule has 0 saturated heterocycles. The number of aromatic nitrogens is 2. The van der Waals surface area contributed by atoms with Crippen molar-refractivity contribution in [2.45, 2.75) is 33.2 Å². The van der Waals surface area contributed by atoms with Crippen molar-refractivity contribution in [3.8, 4) is 29.2 Å². The first-order chi connectivity index (χ1) is 11.6. The Bertz CT molecular complexity index is 1010. The second-order valence-corrected chi connectivity index (χ2v) is 6.73. The van der Waals surface area contributed by atoms with E-state index in [-0.39, 0.29) is 17.9 Å². The van der Waals surface area contributed by atoms with Crippen LogP contribution < -0.4 is 5.56 Å². The number of rotatable bonds is 4. The molecular weight excluding hydrogens is 320 g/mol. The molecule has 1 N–H and O–H groups in total. The van der Waals surface area contributed by atoms with E-state index in [1.807, 2.05) is 31.2 Å². The predicted molar refractivity (Wildman–Crippen MR) is 98.5 cm³/mol. The average Bonchev–Trinajstić information content (AvgIpc) is 2.98. The van der Waals surface area contributed by atoms with Crippen LogP contribution in [0, 0.1) is 19.3 Å². The molecule has 1 aromatic carbocycles. The zero-order valence-corrected chi connectivity index (χ0v) is 14.5. The summed E-state index contributed by atoms with van der Waals surface area (Å²) in [5, 5.41) is 11.7. The van der Waals surface area contributed by atoms with Crippen LogP contribution in [-0.2, 0) is 13.0 Å². The number of benzene rings is 1. The minimum absolute atomic E-state index is 0.00238. The number of aryl methyl sites for hydroxylation is 2. The van der Waals surface area contributed by atoms with Crippen LogP contribution >= 0.6 is 11.3 Å². The van der Waals surface area contributed by atoms with Gasteiger partial charge in [0.1, 0.15) is 10.4 Å². The van der Waals surface area contributed by atoms with Crippen LogP contribution in [-0.4, -0.2) is 14.7 Å². The highest BCUT2D eigenvalue weighted by atomic mass is 32.1. The molecule has 122 valence electrons. The van der Waals surface area contributed by atoms with E-state index in [0.29, 0.717) is 15.9 Å². The third-order valence-corrected chi connectivity index (χ3v) is 5.06. The van der Waals surface area contributed by atoms with E-state index in [1.165, 1.54) is 15.9 Å². The summed E-state index contributed by atoms with van der Waals surface area (Å²) in [7, 11) is 0. The van der Waals surface area contributed by atoms with Gasteiger partial charge in [0.2, 0.25) is 0 Å². The van der Waals surface area contributed by atoms with Crippen molar-refractivity contribution in [2.75, 3.05) is 0 Å². The van der Waals surface area contributed by atoms with E-state index in [9.17, 15) is 9.90 Å². The van der Waals surface area contributed by atoms with E-state index in [4.69, 9.17) is 6.42 Å². The lowest BCUT2D eigenvalue weighted by molar-refractivity contribution is 0.482. The topological polar surface area (TPSA) is 55.1 Å². The number of pyridine rings is 1. The van der Waals surface area contributed by atoms with Crippen LogP contribution in [0.1, 0.15) is 23.9 Å². The van der Waals surface area contributed by atoms with Crippen molar-refractivity contribution in [1.82, 2.24) is 9.55 Å². The molecule has 5 heteroatoms. The number of nitrogens with zero attached hydrogens (tertiary/aromatic N) is 2. The minimum atomic E-state index is -0.305. The Morgan fingerprint density at radius 2 is 2.12 bits per heavy atom. The van der Waals surface area contributed by atoms with Gasteiger partial charge in [-0.2, -0.15) is 0 Å². The summed E-state index contributed by atoms with van der Waals surface area (Å²) in [6.45, 7) is 4.11. The molecule has 4 nitrogen and oxygen atoms in total. The number of hydrogen-bond acceptors (Lipinski definition) is 4. The Morgan fingerprint density at radius 3 is 2.79 bits per heavy atom. The van der Waals surface area contributed by atoms with Crippen molar-refractivity contribution in [1.29, 1.82) is 0 Å². The molecule has 0 bridgehead atoms. The number of thiazole rings is 1. The third-order valence-electron chi connectivity index (χ3n) is 3.95. The summed E-state index contributed by atoms with van der Waals surface area (Å²) < 4.78 is 2.10. The predicted octanol–water partition coefficient (Wildman–Crippen LogP) is 3.72. The molecule has 0 fully saturated rings. The molecule has 0 aliphatic carbocycles. The molecule has 0 saturated carbocycles. The SMILES string of the molecule is C#CCn1c(=O)c(-c2ccccc2C)c(O)c2sc(CCC)nc21. The zero-order chi connectivity index (χ0) is 17.3. The van der Waals surface area contributed by atoms with Gasteiger partial charge in [-0.3, -0.25) is 9.36 Å². The lowest BCUT2D eigenvalue weighted by atomic mass is 10.0. The van der Waals surface area contributed by atoms with Gasteiger partial charge in [0, 0.05) is 0 Å². The van der Waals surface area contributed by atoms with Crippen LogP contribution in [0.2, 0.25) is 0 Å². The lowest BCUT2D eigenvalue weighted by Gasteiger charge is -2.11. The first-order valence-electron chi connectivity index (χ1n) is 7.83. The van der Waals surface area contributed by atoms with Gasteiger partial charge >= 0.3 is 0 Å². The Labute approximate surface area is 144 Å². The highest BCUT2D eigenvalue weighted by molar-refractivity contribution is 7.19. The van der Waals surface area contributed by atoms with Gasteiger partial charge in [0.15, 0.2) is 5.65 Å². The van der Waals surface area contributed by atoms with E-state index in [1.54, 1.807) is 0 Å². The zero-order valence-electron chi connectivity index (χ0n) is 13.7. The van der Waals surface area contributed by atoms with Gasteiger partial charge in [-0.15, -0.1) is 17.8 Å². The van der Waals surface area contributed by atoms with Gasteiger partial charge in [-0.25, -0.2) is 4.98 Å². The van der Waals surface area contributed by atoms with Gasteiger partial charge in [-0.1, -0.05) is 37.1 Å².